The van der Waals surface area contributed by atoms with Crippen molar-refractivity contribution in [1.82, 2.24) is 0 Å². The van der Waals surface area contributed by atoms with Crippen LogP contribution in [0, 0.1) is 36.5 Å². The van der Waals surface area contributed by atoms with E-state index in [1.807, 2.05) is 0 Å². The van der Waals surface area contributed by atoms with Crippen LogP contribution in [-0.2, 0) is 18.1 Å². The van der Waals surface area contributed by atoms with Gasteiger partial charge in [0, 0.05) is 36.5 Å². The zero-order valence-electron chi connectivity index (χ0n) is 7.80. The van der Waals surface area contributed by atoms with Crippen LogP contribution in [0.15, 0.2) is 6.08 Å². The van der Waals surface area contributed by atoms with E-state index in [2.05, 4.69) is 0 Å². The zero-order valence-corrected chi connectivity index (χ0v) is 12.4. The molecule has 13 heavy (non-hydrogen) atoms. The van der Waals surface area contributed by atoms with Gasteiger partial charge in [0.2, 0.25) is 0 Å². The normalized spacial score (nSPS) is 10.6. The van der Waals surface area contributed by atoms with Gasteiger partial charge in [-0.1, -0.05) is 0 Å². The van der Waals surface area contributed by atoms with E-state index in [0.717, 1.165) is 0 Å². The summed E-state index contributed by atoms with van der Waals surface area (Å²) in [6.07, 6.45) is 1.24. The van der Waals surface area contributed by atoms with Crippen molar-refractivity contribution in [1.29, 1.82) is 0 Å². The van der Waals surface area contributed by atoms with Crippen LogP contribution in [0.5, 0.6) is 0 Å². The van der Waals surface area contributed by atoms with Crippen molar-refractivity contribution >= 4 is 7.82 Å². The van der Waals surface area contributed by atoms with E-state index in [-0.39, 0.29) is 49.8 Å². The van der Waals surface area contributed by atoms with Crippen LogP contribution in [0.1, 0.15) is 13.8 Å². The maximum atomic E-state index is 11.4. The predicted octanol–water partition coefficient (Wildman–Crippen LogP) is 2.17. The first kappa shape index (κ1) is 16.3. The number of hydrogen-bond acceptors (Lipinski definition) is 4. The third kappa shape index (κ3) is 7.90. The minimum Gasteiger partial charge on any atom is -0.516 e. The van der Waals surface area contributed by atoms with E-state index in [1.54, 1.807) is 13.8 Å². The second-order valence-electron chi connectivity index (χ2n) is 1.81. The fourth-order valence-electron chi connectivity index (χ4n) is 0.562. The number of phosphoric ester groups is 1. The molecule has 0 aliphatic rings. The predicted molar refractivity (Wildman–Crippen MR) is 45.7 cm³/mol. The molecule has 0 aliphatic carbocycles. The fraction of sp³-hybridized carbons (Fsp3) is 0.714. The summed E-state index contributed by atoms with van der Waals surface area (Å²) in [6.45, 7) is 9.08. The fourth-order valence-corrected chi connectivity index (χ4v) is 1.69. The van der Waals surface area contributed by atoms with Gasteiger partial charge >= 0.3 is 7.82 Å². The Morgan fingerprint density at radius 2 is 1.69 bits per heavy atom. The van der Waals surface area contributed by atoms with Gasteiger partial charge in [0.15, 0.2) is 0 Å². The van der Waals surface area contributed by atoms with Crippen molar-refractivity contribution < 1.29 is 48.1 Å². The Balaban J connectivity index is 0. The van der Waals surface area contributed by atoms with Crippen molar-refractivity contribution in [3.05, 3.63) is 12.7 Å². The Hall–Kier alpha value is 0.863. The molecule has 0 atom stereocenters. The van der Waals surface area contributed by atoms with Crippen molar-refractivity contribution in [3.8, 4) is 0 Å². The second kappa shape index (κ2) is 9.42. The van der Waals surface area contributed by atoms with Crippen LogP contribution < -0.4 is 0 Å². The van der Waals surface area contributed by atoms with Crippen LogP contribution >= 0.6 is 7.82 Å². The van der Waals surface area contributed by atoms with Crippen LogP contribution in [0.2, 0.25) is 0 Å². The van der Waals surface area contributed by atoms with Crippen molar-refractivity contribution in [3.63, 3.8) is 0 Å². The summed E-state index contributed by atoms with van der Waals surface area (Å²) in [7, 11) is -3.35. The summed E-state index contributed by atoms with van der Waals surface area (Å²) in [6, 6.07) is 0. The molecular weight excluding hydrogens is 416 g/mol. The summed E-state index contributed by atoms with van der Waals surface area (Å²) < 4.78 is 25.8. The molecule has 0 rings (SSSR count). The third-order valence-electron chi connectivity index (χ3n) is 0.903. The molecule has 4 nitrogen and oxygen atoms in total. The smallest absolute Gasteiger partial charge is 0.474 e. The maximum absolute atomic E-state index is 11.4. The Bertz CT molecular complexity index is 164. The molecule has 0 bridgehead atoms. The topological polar surface area (TPSA) is 44.8 Å². The van der Waals surface area contributed by atoms with E-state index >= 15 is 0 Å². The third-order valence-corrected chi connectivity index (χ3v) is 2.52. The molecular formula is C7H14NpO4P-. The number of phosphoric acid groups is 1. The molecule has 0 aromatic heterocycles. The molecule has 1 radical (unpaired) electrons. The first-order valence-corrected chi connectivity index (χ1v) is 5.21. The van der Waals surface area contributed by atoms with E-state index in [0.29, 0.717) is 0 Å². The Labute approximate surface area is 102 Å². The minimum absolute atomic E-state index is 0. The van der Waals surface area contributed by atoms with E-state index < -0.39 is 7.82 Å². The summed E-state index contributed by atoms with van der Waals surface area (Å²) in [5, 5.41) is 0. The van der Waals surface area contributed by atoms with Gasteiger partial charge in [-0.15, -0.1) is 0 Å². The molecule has 0 aromatic rings. The van der Waals surface area contributed by atoms with Crippen molar-refractivity contribution in [2.75, 3.05) is 19.8 Å². The van der Waals surface area contributed by atoms with Crippen LogP contribution in [0.3, 0.4) is 0 Å². The van der Waals surface area contributed by atoms with Gasteiger partial charge in [-0.2, -0.15) is 0 Å². The van der Waals surface area contributed by atoms with Crippen LogP contribution in [0.25, 0.3) is 0 Å². The van der Waals surface area contributed by atoms with Gasteiger partial charge in [0.05, 0.1) is 13.2 Å². The van der Waals surface area contributed by atoms with Crippen molar-refractivity contribution in [2.45, 2.75) is 13.8 Å². The molecule has 0 aromatic carbocycles. The molecule has 0 saturated carbocycles. The quantitative estimate of drug-likeness (QED) is 0.459. The largest absolute Gasteiger partial charge is 0.516 e. The number of hydrogen-bond donors (Lipinski definition) is 0. The molecule has 0 heterocycles. The van der Waals surface area contributed by atoms with Crippen molar-refractivity contribution in [2.24, 2.45) is 0 Å². The summed E-state index contributed by atoms with van der Waals surface area (Å²) in [5.41, 5.74) is 0. The standard InChI is InChI=1S/C7H14O4P.Np/c1-4-7-11-12(8,9-5-2)10-6-3;/h1,4H,5-7H2,2-3H3;/q-1;. The van der Waals surface area contributed by atoms with E-state index in [1.165, 1.54) is 6.08 Å². The molecule has 0 N–H and O–H groups in total. The van der Waals surface area contributed by atoms with E-state index in [9.17, 15) is 4.57 Å². The van der Waals surface area contributed by atoms with Gasteiger partial charge in [-0.3, -0.25) is 13.6 Å². The molecule has 0 amide bonds. The van der Waals surface area contributed by atoms with Gasteiger partial charge in [0.1, 0.15) is 0 Å². The summed E-state index contributed by atoms with van der Waals surface area (Å²) in [5.74, 6) is 0. The summed E-state index contributed by atoms with van der Waals surface area (Å²) in [4.78, 5) is 0. The average molecular weight is 430 g/mol. The van der Waals surface area contributed by atoms with Gasteiger partial charge in [0.25, 0.3) is 0 Å². The SMILES string of the molecule is [CH-]=CCOP(=O)(OCC)OCC.[Np]. The first-order chi connectivity index (χ1) is 5.68. The first-order valence-electron chi connectivity index (χ1n) is 3.75. The monoisotopic (exact) mass is 429 g/mol. The second-order valence-corrected chi connectivity index (χ2v) is 3.48. The Morgan fingerprint density at radius 3 is 2.00 bits per heavy atom. The Morgan fingerprint density at radius 1 is 1.23 bits per heavy atom. The Kier molecular flexibility index (Phi) is 11.8. The molecule has 0 fully saturated rings. The zero-order chi connectivity index (χ0) is 9.45. The van der Waals surface area contributed by atoms with Crippen LogP contribution in [-0.4, -0.2) is 19.8 Å². The van der Waals surface area contributed by atoms with E-state index in [4.69, 9.17) is 20.2 Å². The molecule has 0 spiro atoms. The molecule has 77 valence electrons. The van der Waals surface area contributed by atoms with Crippen LogP contribution in [0.4, 0.5) is 0 Å². The molecule has 0 unspecified atom stereocenters. The average Bonchev–Trinajstić information content (AvgIpc) is 2.02. The van der Waals surface area contributed by atoms with Gasteiger partial charge in [-0.25, -0.2) is 10.6 Å². The molecule has 6 heteroatoms. The minimum atomic E-state index is -3.35. The summed E-state index contributed by atoms with van der Waals surface area (Å²) >= 11 is 0. The molecule has 0 saturated heterocycles. The van der Waals surface area contributed by atoms with Gasteiger partial charge in [-0.05, 0) is 13.8 Å². The number of rotatable bonds is 7. The maximum Gasteiger partial charge on any atom is 0.474 e. The molecule has 0 aliphatic heterocycles. The van der Waals surface area contributed by atoms with Gasteiger partial charge < -0.3 is 6.58 Å².